The summed E-state index contributed by atoms with van der Waals surface area (Å²) < 4.78 is 21.0. The number of halogens is 1. The van der Waals surface area contributed by atoms with E-state index in [4.69, 9.17) is 4.74 Å². The first kappa shape index (κ1) is 19.4. The predicted molar refractivity (Wildman–Crippen MR) is 104 cm³/mol. The fraction of sp³-hybridized carbons (Fsp3) is 0.333. The highest BCUT2D eigenvalue weighted by Gasteiger charge is 2.44. The second-order valence-electron chi connectivity index (χ2n) is 7.07. The SMILES string of the molecule is OC[C@H]1O[C@@H](c2cc(F)cc(Cc3cc4ccccc4s3)c2)[C@H](O)[C@@H](O)[C@@H]1O. The summed E-state index contributed by atoms with van der Waals surface area (Å²) in [6.07, 6.45) is -5.93. The molecule has 28 heavy (non-hydrogen) atoms. The lowest BCUT2D eigenvalue weighted by Crippen LogP contribution is -2.55. The van der Waals surface area contributed by atoms with Gasteiger partial charge in [0.2, 0.25) is 0 Å². The molecule has 0 bridgehead atoms. The van der Waals surface area contributed by atoms with Crippen molar-refractivity contribution in [3.8, 4) is 0 Å². The summed E-state index contributed by atoms with van der Waals surface area (Å²) in [5.74, 6) is -0.481. The molecule has 0 saturated carbocycles. The lowest BCUT2D eigenvalue weighted by Gasteiger charge is -2.40. The lowest BCUT2D eigenvalue weighted by atomic mass is 9.90. The number of hydrogen-bond acceptors (Lipinski definition) is 6. The maximum Gasteiger partial charge on any atom is 0.123 e. The number of ether oxygens (including phenoxy) is 1. The first-order chi connectivity index (χ1) is 13.5. The molecule has 2 heterocycles. The van der Waals surface area contributed by atoms with Crippen LogP contribution in [0.15, 0.2) is 48.5 Å². The Morgan fingerprint density at radius 2 is 1.75 bits per heavy atom. The first-order valence-corrected chi connectivity index (χ1v) is 9.85. The molecule has 3 aromatic rings. The number of thiophene rings is 1. The van der Waals surface area contributed by atoms with E-state index in [1.54, 1.807) is 17.4 Å². The van der Waals surface area contributed by atoms with Gasteiger partial charge in [0.15, 0.2) is 0 Å². The number of fused-ring (bicyclic) bond motifs is 1. The van der Waals surface area contributed by atoms with E-state index in [1.165, 1.54) is 12.1 Å². The van der Waals surface area contributed by atoms with Crippen molar-refractivity contribution in [2.45, 2.75) is 36.9 Å². The van der Waals surface area contributed by atoms with Crippen molar-refractivity contribution in [3.63, 3.8) is 0 Å². The molecular formula is C21H21FO5S. The molecule has 5 nitrogen and oxygen atoms in total. The van der Waals surface area contributed by atoms with E-state index in [-0.39, 0.29) is 0 Å². The minimum Gasteiger partial charge on any atom is -0.394 e. The van der Waals surface area contributed by atoms with Crippen LogP contribution < -0.4 is 0 Å². The Balaban J connectivity index is 1.63. The second kappa shape index (κ2) is 7.87. The Hall–Kier alpha value is -1.87. The average molecular weight is 404 g/mol. The summed E-state index contributed by atoms with van der Waals surface area (Å²) in [5, 5.41) is 40.7. The van der Waals surface area contributed by atoms with E-state index < -0.39 is 42.9 Å². The maximum absolute atomic E-state index is 14.3. The Kier molecular flexibility index (Phi) is 5.46. The number of aliphatic hydroxyl groups excluding tert-OH is 4. The van der Waals surface area contributed by atoms with Gasteiger partial charge >= 0.3 is 0 Å². The van der Waals surface area contributed by atoms with Crippen molar-refractivity contribution in [2.75, 3.05) is 6.61 Å². The average Bonchev–Trinajstić information content (AvgIpc) is 3.08. The monoisotopic (exact) mass is 404 g/mol. The van der Waals surface area contributed by atoms with Crippen LogP contribution in [0.4, 0.5) is 4.39 Å². The number of benzene rings is 2. The molecule has 1 aliphatic rings. The third-order valence-corrected chi connectivity index (χ3v) is 6.17. The number of rotatable bonds is 4. The largest absolute Gasteiger partial charge is 0.394 e. The van der Waals surface area contributed by atoms with Crippen LogP contribution in [0.1, 0.15) is 22.1 Å². The topological polar surface area (TPSA) is 90.2 Å². The van der Waals surface area contributed by atoms with Crippen molar-refractivity contribution < 1.29 is 29.6 Å². The molecule has 148 valence electrons. The normalized spacial score (nSPS) is 28.0. The van der Waals surface area contributed by atoms with Crippen LogP contribution in [-0.2, 0) is 11.2 Å². The van der Waals surface area contributed by atoms with Gasteiger partial charge in [0.05, 0.1) is 6.61 Å². The van der Waals surface area contributed by atoms with E-state index in [0.717, 1.165) is 15.0 Å². The van der Waals surface area contributed by atoms with Crippen molar-refractivity contribution in [1.82, 2.24) is 0 Å². The third-order valence-electron chi connectivity index (χ3n) is 5.06. The molecule has 0 amide bonds. The van der Waals surface area contributed by atoms with Crippen LogP contribution in [0.25, 0.3) is 10.1 Å². The molecule has 4 N–H and O–H groups in total. The van der Waals surface area contributed by atoms with Crippen molar-refractivity contribution >= 4 is 21.4 Å². The van der Waals surface area contributed by atoms with Gasteiger partial charge in [0.1, 0.15) is 36.3 Å². The van der Waals surface area contributed by atoms with Gasteiger partial charge in [-0.15, -0.1) is 11.3 Å². The quantitative estimate of drug-likeness (QED) is 0.535. The number of hydrogen-bond donors (Lipinski definition) is 4. The van der Waals surface area contributed by atoms with Gasteiger partial charge in [-0.1, -0.05) is 24.3 Å². The minimum absolute atomic E-state index is 0.355. The summed E-state index contributed by atoms with van der Waals surface area (Å²) in [6.45, 7) is -0.522. The molecule has 2 aromatic carbocycles. The van der Waals surface area contributed by atoms with Gasteiger partial charge in [0.25, 0.3) is 0 Å². The van der Waals surface area contributed by atoms with Gasteiger partial charge in [-0.2, -0.15) is 0 Å². The van der Waals surface area contributed by atoms with Gasteiger partial charge in [0, 0.05) is 16.0 Å². The van der Waals surface area contributed by atoms with Crippen LogP contribution in [0.5, 0.6) is 0 Å². The standard InChI is InChI=1S/C21H21FO5S/c22-14-6-11(7-15-9-12-3-1-2-4-17(12)28-15)5-13(8-14)21-20(26)19(25)18(24)16(10-23)27-21/h1-6,8-9,16,18-21,23-26H,7,10H2/t16-,18-,19+,20-,21+/m1/s1. The zero-order valence-corrected chi connectivity index (χ0v) is 15.7. The highest BCUT2D eigenvalue weighted by Crippen LogP contribution is 2.34. The molecule has 0 radical (unpaired) electrons. The zero-order valence-electron chi connectivity index (χ0n) is 14.9. The summed E-state index contributed by atoms with van der Waals surface area (Å²) in [5.41, 5.74) is 1.06. The fourth-order valence-corrected chi connectivity index (χ4v) is 4.74. The molecule has 0 unspecified atom stereocenters. The summed E-state index contributed by atoms with van der Waals surface area (Å²) in [7, 11) is 0. The summed E-state index contributed by atoms with van der Waals surface area (Å²) in [6, 6.07) is 14.5. The Labute approximate surface area is 165 Å². The van der Waals surface area contributed by atoms with Crippen molar-refractivity contribution in [1.29, 1.82) is 0 Å². The number of aliphatic hydroxyl groups is 4. The van der Waals surface area contributed by atoms with Crippen LogP contribution in [-0.4, -0.2) is 51.4 Å². The zero-order chi connectivity index (χ0) is 19.8. The van der Waals surface area contributed by atoms with Gasteiger partial charge in [-0.25, -0.2) is 4.39 Å². The van der Waals surface area contributed by atoms with Crippen molar-refractivity contribution in [2.24, 2.45) is 0 Å². The molecule has 1 aromatic heterocycles. The van der Waals surface area contributed by atoms with E-state index in [9.17, 15) is 24.8 Å². The van der Waals surface area contributed by atoms with Crippen LogP contribution in [0.2, 0.25) is 0 Å². The molecule has 5 atom stereocenters. The van der Waals surface area contributed by atoms with Gasteiger partial charge in [-0.05, 0) is 40.8 Å². The predicted octanol–water partition coefficient (Wildman–Crippen LogP) is 2.15. The minimum atomic E-state index is -1.50. The summed E-state index contributed by atoms with van der Waals surface area (Å²) in [4.78, 5) is 1.08. The Morgan fingerprint density at radius 3 is 2.50 bits per heavy atom. The first-order valence-electron chi connectivity index (χ1n) is 9.03. The fourth-order valence-electron chi connectivity index (χ4n) is 3.64. The van der Waals surface area contributed by atoms with Crippen LogP contribution in [0.3, 0.4) is 0 Å². The van der Waals surface area contributed by atoms with Gasteiger partial charge in [-0.3, -0.25) is 0 Å². The third kappa shape index (κ3) is 3.69. The summed E-state index contributed by atoms with van der Waals surface area (Å²) >= 11 is 1.64. The smallest absolute Gasteiger partial charge is 0.123 e. The second-order valence-corrected chi connectivity index (χ2v) is 8.24. The highest BCUT2D eigenvalue weighted by molar-refractivity contribution is 7.19. The van der Waals surface area contributed by atoms with E-state index in [2.05, 4.69) is 6.07 Å². The van der Waals surface area contributed by atoms with Crippen molar-refractivity contribution in [3.05, 3.63) is 70.4 Å². The molecule has 1 saturated heterocycles. The van der Waals surface area contributed by atoms with Gasteiger partial charge < -0.3 is 25.2 Å². The Morgan fingerprint density at radius 1 is 0.964 bits per heavy atom. The molecule has 0 aliphatic carbocycles. The molecule has 1 aliphatic heterocycles. The maximum atomic E-state index is 14.3. The molecule has 1 fully saturated rings. The van der Waals surface area contributed by atoms with E-state index >= 15 is 0 Å². The van der Waals surface area contributed by atoms with Crippen LogP contribution >= 0.6 is 11.3 Å². The molecule has 4 rings (SSSR count). The Bertz CT molecular complexity index is 939. The highest BCUT2D eigenvalue weighted by atomic mass is 32.1. The lowest BCUT2D eigenvalue weighted by molar-refractivity contribution is -0.231. The van der Waals surface area contributed by atoms with E-state index in [1.807, 2.05) is 24.3 Å². The molecular weight excluding hydrogens is 383 g/mol. The van der Waals surface area contributed by atoms with E-state index in [0.29, 0.717) is 17.5 Å². The van der Waals surface area contributed by atoms with Crippen LogP contribution in [0, 0.1) is 5.82 Å². The molecule has 0 spiro atoms. The molecule has 7 heteroatoms.